The lowest BCUT2D eigenvalue weighted by molar-refractivity contribution is 0.101. The van der Waals surface area contributed by atoms with E-state index < -0.39 is 24.1 Å². The quantitative estimate of drug-likeness (QED) is 0.362. The van der Waals surface area contributed by atoms with Crippen LogP contribution in [0.5, 0.6) is 0 Å². The maximum absolute atomic E-state index is 13.4. The van der Waals surface area contributed by atoms with Crippen LogP contribution >= 0.6 is 0 Å². The summed E-state index contributed by atoms with van der Waals surface area (Å²) >= 11 is 0. The zero-order valence-electron chi connectivity index (χ0n) is 20.9. The average Bonchev–Trinajstić information content (AvgIpc) is 2.92. The van der Waals surface area contributed by atoms with Gasteiger partial charge in [-0.05, 0) is 25.0 Å². The van der Waals surface area contributed by atoms with Gasteiger partial charge in [0.05, 0.1) is 12.1 Å². The molecular formula is C30H26N4O4. The van der Waals surface area contributed by atoms with Crippen molar-refractivity contribution in [2.24, 2.45) is 0 Å². The lowest BCUT2D eigenvalue weighted by Gasteiger charge is -2.30. The van der Waals surface area contributed by atoms with Gasteiger partial charge in [0, 0.05) is 33.7 Å². The van der Waals surface area contributed by atoms with Crippen LogP contribution in [0.3, 0.4) is 0 Å². The van der Waals surface area contributed by atoms with Gasteiger partial charge in [-0.25, -0.2) is 9.59 Å². The molecule has 2 atom stereocenters. The molecule has 190 valence electrons. The van der Waals surface area contributed by atoms with Crippen LogP contribution in [0.25, 0.3) is 0 Å². The van der Waals surface area contributed by atoms with Gasteiger partial charge in [-0.3, -0.25) is 9.59 Å². The van der Waals surface area contributed by atoms with Crippen molar-refractivity contribution < 1.29 is 19.2 Å². The topological polar surface area (TPSA) is 116 Å². The normalized spacial score (nSPS) is 19.2. The highest BCUT2D eigenvalue weighted by Gasteiger charge is 2.34. The molecule has 38 heavy (non-hydrogen) atoms. The van der Waals surface area contributed by atoms with Crippen LogP contribution in [0.15, 0.2) is 107 Å². The van der Waals surface area contributed by atoms with Gasteiger partial charge in [0.25, 0.3) is 0 Å². The molecule has 4 N–H and O–H groups in total. The molecule has 0 saturated heterocycles. The van der Waals surface area contributed by atoms with Gasteiger partial charge in [-0.2, -0.15) is 0 Å². The summed E-state index contributed by atoms with van der Waals surface area (Å²) in [6.45, 7) is 3.41. The monoisotopic (exact) mass is 506 g/mol. The summed E-state index contributed by atoms with van der Waals surface area (Å²) in [6.07, 6.45) is 0. The summed E-state index contributed by atoms with van der Waals surface area (Å²) in [5.41, 5.74) is 4.27. The van der Waals surface area contributed by atoms with Crippen LogP contribution in [-0.2, 0) is 0 Å². The van der Waals surface area contributed by atoms with E-state index in [0.717, 1.165) is 0 Å². The molecule has 2 aliphatic heterocycles. The van der Waals surface area contributed by atoms with E-state index >= 15 is 0 Å². The SMILES string of the molecule is CC1=C(C(=O)c2ccccc2)C(c2ccc(C3NC(=O)NC(C)=C3C(=O)c3ccccc3)cc2)NC(=O)N1. The molecule has 0 aromatic heterocycles. The molecule has 0 spiro atoms. The van der Waals surface area contributed by atoms with E-state index in [2.05, 4.69) is 21.3 Å². The Balaban J connectivity index is 1.49. The minimum absolute atomic E-state index is 0.190. The summed E-state index contributed by atoms with van der Waals surface area (Å²) < 4.78 is 0. The second-order valence-electron chi connectivity index (χ2n) is 9.20. The maximum atomic E-state index is 13.4. The lowest BCUT2D eigenvalue weighted by Crippen LogP contribution is -2.45. The average molecular weight is 507 g/mol. The summed E-state index contributed by atoms with van der Waals surface area (Å²) in [6, 6.07) is 22.8. The Hall–Kier alpha value is -4.98. The van der Waals surface area contributed by atoms with Crippen LogP contribution in [0.4, 0.5) is 9.59 Å². The Kier molecular flexibility index (Phi) is 6.62. The number of amides is 4. The van der Waals surface area contributed by atoms with Gasteiger partial charge in [0.15, 0.2) is 11.6 Å². The first-order valence-electron chi connectivity index (χ1n) is 12.2. The van der Waals surface area contributed by atoms with E-state index in [-0.39, 0.29) is 11.6 Å². The van der Waals surface area contributed by atoms with E-state index in [9.17, 15) is 19.2 Å². The Bertz CT molecular complexity index is 1380. The zero-order valence-corrected chi connectivity index (χ0v) is 20.9. The fourth-order valence-corrected chi connectivity index (χ4v) is 4.86. The molecule has 0 fully saturated rings. The highest BCUT2D eigenvalue weighted by molar-refractivity contribution is 6.12. The number of Topliss-reactive ketones (excluding diaryl/α,β-unsaturated/α-hetero) is 2. The fraction of sp³-hybridized carbons (Fsp3) is 0.133. The number of allylic oxidation sites excluding steroid dienone is 2. The number of ketones is 2. The molecule has 0 aliphatic carbocycles. The number of benzene rings is 3. The number of carbonyl (C=O) groups is 4. The molecular weight excluding hydrogens is 480 g/mol. The molecule has 8 nitrogen and oxygen atoms in total. The number of urea groups is 2. The summed E-state index contributed by atoms with van der Waals surface area (Å²) in [5, 5.41) is 11.1. The molecule has 5 rings (SSSR count). The minimum atomic E-state index is -0.671. The van der Waals surface area contributed by atoms with Gasteiger partial charge in [-0.1, -0.05) is 84.9 Å². The third-order valence-corrected chi connectivity index (χ3v) is 6.70. The van der Waals surface area contributed by atoms with Crippen molar-refractivity contribution in [3.05, 3.63) is 130 Å². The predicted octanol–water partition coefficient (Wildman–Crippen LogP) is 4.71. The molecule has 2 aliphatic rings. The van der Waals surface area contributed by atoms with E-state index in [4.69, 9.17) is 0 Å². The number of hydrogen-bond acceptors (Lipinski definition) is 4. The largest absolute Gasteiger partial charge is 0.327 e. The van der Waals surface area contributed by atoms with E-state index in [0.29, 0.717) is 44.8 Å². The van der Waals surface area contributed by atoms with E-state index in [1.54, 1.807) is 86.6 Å². The third kappa shape index (κ3) is 4.71. The van der Waals surface area contributed by atoms with Crippen molar-refractivity contribution in [2.75, 3.05) is 0 Å². The third-order valence-electron chi connectivity index (χ3n) is 6.70. The molecule has 3 aromatic carbocycles. The predicted molar refractivity (Wildman–Crippen MR) is 142 cm³/mol. The first-order chi connectivity index (χ1) is 18.3. The number of nitrogens with one attached hydrogen (secondary N) is 4. The second-order valence-corrected chi connectivity index (χ2v) is 9.20. The van der Waals surface area contributed by atoms with Gasteiger partial charge >= 0.3 is 12.1 Å². The van der Waals surface area contributed by atoms with Crippen molar-refractivity contribution in [3.8, 4) is 0 Å². The molecule has 0 saturated carbocycles. The molecule has 0 radical (unpaired) electrons. The van der Waals surface area contributed by atoms with Gasteiger partial charge in [0.2, 0.25) is 0 Å². The van der Waals surface area contributed by atoms with Crippen molar-refractivity contribution in [2.45, 2.75) is 25.9 Å². The van der Waals surface area contributed by atoms with Gasteiger partial charge in [0.1, 0.15) is 0 Å². The Morgan fingerprint density at radius 3 is 1.24 bits per heavy atom. The van der Waals surface area contributed by atoms with Crippen LogP contribution in [0.2, 0.25) is 0 Å². The number of hydrogen-bond donors (Lipinski definition) is 4. The number of carbonyl (C=O) groups excluding carboxylic acids is 4. The fourth-order valence-electron chi connectivity index (χ4n) is 4.86. The van der Waals surface area contributed by atoms with Crippen molar-refractivity contribution in [1.82, 2.24) is 21.3 Å². The smallest absolute Gasteiger partial charge is 0.319 e. The van der Waals surface area contributed by atoms with Gasteiger partial charge in [-0.15, -0.1) is 0 Å². The zero-order chi connectivity index (χ0) is 26.8. The maximum Gasteiger partial charge on any atom is 0.319 e. The standard InChI is InChI=1S/C30H26N4O4/c1-17-23(27(35)21-9-5-3-6-10-21)25(33-29(37)31-17)19-13-15-20(16-14-19)26-24(18(2)32-30(38)34-26)28(36)22-11-7-4-8-12-22/h3-16,25-26H,1-2H3,(H2,31,33,37)(H2,32,34,38). The Morgan fingerprint density at radius 1 is 0.553 bits per heavy atom. The van der Waals surface area contributed by atoms with Crippen molar-refractivity contribution in [3.63, 3.8) is 0 Å². The molecule has 2 heterocycles. The van der Waals surface area contributed by atoms with E-state index in [1.807, 2.05) is 12.1 Å². The lowest BCUT2D eigenvalue weighted by atomic mass is 9.86. The van der Waals surface area contributed by atoms with Crippen LogP contribution < -0.4 is 21.3 Å². The first-order valence-corrected chi connectivity index (χ1v) is 12.2. The second kappa shape index (κ2) is 10.2. The first kappa shape index (κ1) is 24.7. The van der Waals surface area contributed by atoms with Crippen LogP contribution in [0.1, 0.15) is 57.8 Å². The van der Waals surface area contributed by atoms with E-state index in [1.165, 1.54) is 0 Å². The molecule has 2 unspecified atom stereocenters. The molecule has 0 bridgehead atoms. The minimum Gasteiger partial charge on any atom is -0.327 e. The van der Waals surface area contributed by atoms with Gasteiger partial charge < -0.3 is 21.3 Å². The Morgan fingerprint density at radius 2 is 0.895 bits per heavy atom. The summed E-state index contributed by atoms with van der Waals surface area (Å²) in [4.78, 5) is 51.5. The van der Waals surface area contributed by atoms with Crippen LogP contribution in [0, 0.1) is 0 Å². The molecule has 3 aromatic rings. The summed E-state index contributed by atoms with van der Waals surface area (Å²) in [5.74, 6) is -0.380. The summed E-state index contributed by atoms with van der Waals surface area (Å²) in [7, 11) is 0. The van der Waals surface area contributed by atoms with Crippen molar-refractivity contribution in [1.29, 1.82) is 0 Å². The van der Waals surface area contributed by atoms with Crippen molar-refractivity contribution >= 4 is 23.6 Å². The number of rotatable bonds is 6. The highest BCUT2D eigenvalue weighted by Crippen LogP contribution is 2.33. The Labute approximate surface area is 219 Å². The highest BCUT2D eigenvalue weighted by atomic mass is 16.2. The van der Waals surface area contributed by atoms with Crippen LogP contribution in [-0.4, -0.2) is 23.6 Å². The molecule has 8 heteroatoms. The molecule has 4 amide bonds.